The van der Waals surface area contributed by atoms with Crippen molar-refractivity contribution in [2.24, 2.45) is 0 Å². The number of hydrogen-bond donors (Lipinski definition) is 1. The maximum atomic E-state index is 11.4. The minimum atomic E-state index is -0.191. The first-order chi connectivity index (χ1) is 9.67. The van der Waals surface area contributed by atoms with E-state index in [1.165, 1.54) is 0 Å². The van der Waals surface area contributed by atoms with Crippen LogP contribution in [0, 0.1) is 0 Å². The fraction of sp³-hybridized carbons (Fsp3) is 0.188. The Hall–Kier alpha value is -1.94. The SMILES string of the molecule is CCCC(=O)Oc1ccc(Sc2cccc(N)c2)cc1. The molecule has 0 fully saturated rings. The van der Waals surface area contributed by atoms with E-state index in [1.807, 2.05) is 55.5 Å². The van der Waals surface area contributed by atoms with E-state index in [4.69, 9.17) is 10.5 Å². The first-order valence-corrected chi connectivity index (χ1v) is 7.33. The van der Waals surface area contributed by atoms with Gasteiger partial charge in [-0.15, -0.1) is 0 Å². The largest absolute Gasteiger partial charge is 0.427 e. The van der Waals surface area contributed by atoms with Crippen LogP contribution < -0.4 is 10.5 Å². The quantitative estimate of drug-likeness (QED) is 0.510. The van der Waals surface area contributed by atoms with Crippen LogP contribution in [0.4, 0.5) is 5.69 Å². The van der Waals surface area contributed by atoms with E-state index in [9.17, 15) is 4.79 Å². The zero-order valence-electron chi connectivity index (χ0n) is 11.3. The van der Waals surface area contributed by atoms with Crippen molar-refractivity contribution in [1.29, 1.82) is 0 Å². The monoisotopic (exact) mass is 287 g/mol. The highest BCUT2D eigenvalue weighted by molar-refractivity contribution is 7.99. The van der Waals surface area contributed by atoms with E-state index < -0.39 is 0 Å². The van der Waals surface area contributed by atoms with Crippen molar-refractivity contribution in [1.82, 2.24) is 0 Å². The molecule has 2 rings (SSSR count). The number of hydrogen-bond acceptors (Lipinski definition) is 4. The molecule has 0 aliphatic heterocycles. The van der Waals surface area contributed by atoms with Crippen molar-refractivity contribution in [3.8, 4) is 5.75 Å². The normalized spacial score (nSPS) is 10.2. The maximum absolute atomic E-state index is 11.4. The molecule has 104 valence electrons. The first-order valence-electron chi connectivity index (χ1n) is 6.51. The summed E-state index contributed by atoms with van der Waals surface area (Å²) in [4.78, 5) is 13.5. The third kappa shape index (κ3) is 4.31. The van der Waals surface area contributed by atoms with Crippen LogP contribution in [0.3, 0.4) is 0 Å². The fourth-order valence-corrected chi connectivity index (χ4v) is 2.56. The Morgan fingerprint density at radius 2 is 1.90 bits per heavy atom. The predicted octanol–water partition coefficient (Wildman–Crippen LogP) is 4.13. The Morgan fingerprint density at radius 1 is 1.15 bits per heavy atom. The van der Waals surface area contributed by atoms with Gasteiger partial charge in [0.05, 0.1) is 0 Å². The molecule has 2 N–H and O–H groups in total. The predicted molar refractivity (Wildman–Crippen MR) is 82.0 cm³/mol. The lowest BCUT2D eigenvalue weighted by atomic mass is 10.3. The molecule has 2 aromatic carbocycles. The van der Waals surface area contributed by atoms with Crippen LogP contribution >= 0.6 is 11.8 Å². The molecule has 20 heavy (non-hydrogen) atoms. The second kappa shape index (κ2) is 7.01. The van der Waals surface area contributed by atoms with Gasteiger partial charge in [0.25, 0.3) is 0 Å². The number of anilines is 1. The van der Waals surface area contributed by atoms with E-state index >= 15 is 0 Å². The van der Waals surface area contributed by atoms with Crippen LogP contribution in [0.5, 0.6) is 5.75 Å². The summed E-state index contributed by atoms with van der Waals surface area (Å²) in [6.07, 6.45) is 1.24. The van der Waals surface area contributed by atoms with E-state index in [-0.39, 0.29) is 5.97 Å². The molecule has 4 heteroatoms. The summed E-state index contributed by atoms with van der Waals surface area (Å²) in [5.74, 6) is 0.393. The minimum absolute atomic E-state index is 0.191. The smallest absolute Gasteiger partial charge is 0.311 e. The summed E-state index contributed by atoms with van der Waals surface area (Å²) in [5, 5.41) is 0. The number of nitrogens with two attached hydrogens (primary N) is 1. The van der Waals surface area contributed by atoms with E-state index in [2.05, 4.69) is 0 Å². The molecule has 2 aromatic rings. The topological polar surface area (TPSA) is 52.3 Å². The van der Waals surface area contributed by atoms with Crippen LogP contribution in [0.1, 0.15) is 19.8 Å². The summed E-state index contributed by atoms with van der Waals surface area (Å²) in [5.41, 5.74) is 6.50. The average Bonchev–Trinajstić information content (AvgIpc) is 2.41. The average molecular weight is 287 g/mol. The maximum Gasteiger partial charge on any atom is 0.311 e. The Labute approximate surface area is 123 Å². The van der Waals surface area contributed by atoms with Crippen LogP contribution in [0.2, 0.25) is 0 Å². The van der Waals surface area contributed by atoms with Gasteiger partial charge in [0.1, 0.15) is 5.75 Å². The van der Waals surface area contributed by atoms with Crippen LogP contribution in [0.25, 0.3) is 0 Å². The second-order valence-electron chi connectivity index (χ2n) is 4.37. The summed E-state index contributed by atoms with van der Waals surface area (Å²) in [6.45, 7) is 1.95. The van der Waals surface area contributed by atoms with Gasteiger partial charge in [-0.25, -0.2) is 0 Å². The lowest BCUT2D eigenvalue weighted by Gasteiger charge is -2.05. The highest BCUT2D eigenvalue weighted by atomic mass is 32.2. The highest BCUT2D eigenvalue weighted by Gasteiger charge is 2.04. The molecule has 0 heterocycles. The summed E-state index contributed by atoms with van der Waals surface area (Å²) >= 11 is 1.62. The van der Waals surface area contributed by atoms with Crippen LogP contribution in [-0.2, 0) is 4.79 Å². The van der Waals surface area contributed by atoms with Gasteiger partial charge in [-0.1, -0.05) is 24.8 Å². The number of carbonyl (C=O) groups is 1. The number of nitrogen functional groups attached to an aromatic ring is 1. The molecule has 0 saturated heterocycles. The summed E-state index contributed by atoms with van der Waals surface area (Å²) in [7, 11) is 0. The second-order valence-corrected chi connectivity index (χ2v) is 5.52. The van der Waals surface area contributed by atoms with Crippen molar-refractivity contribution in [3.63, 3.8) is 0 Å². The molecule has 0 atom stereocenters. The van der Waals surface area contributed by atoms with Gasteiger partial charge < -0.3 is 10.5 Å². The van der Waals surface area contributed by atoms with Crippen molar-refractivity contribution in [2.75, 3.05) is 5.73 Å². The third-order valence-electron chi connectivity index (χ3n) is 2.60. The van der Waals surface area contributed by atoms with Crippen LogP contribution in [0.15, 0.2) is 58.3 Å². The molecule has 0 aliphatic rings. The Balaban J connectivity index is 1.99. The number of carbonyl (C=O) groups excluding carboxylic acids is 1. The van der Waals surface area contributed by atoms with Gasteiger partial charge >= 0.3 is 5.97 Å². The number of ether oxygens (including phenoxy) is 1. The zero-order chi connectivity index (χ0) is 14.4. The summed E-state index contributed by atoms with van der Waals surface area (Å²) < 4.78 is 5.21. The Morgan fingerprint density at radius 3 is 2.55 bits per heavy atom. The van der Waals surface area contributed by atoms with Gasteiger partial charge in [0.2, 0.25) is 0 Å². The minimum Gasteiger partial charge on any atom is -0.427 e. The number of rotatable bonds is 5. The van der Waals surface area contributed by atoms with Gasteiger partial charge in [0.15, 0.2) is 0 Å². The van der Waals surface area contributed by atoms with Gasteiger partial charge in [-0.3, -0.25) is 4.79 Å². The standard InChI is InChI=1S/C16H17NO2S/c1-2-4-16(18)19-13-7-9-14(10-8-13)20-15-6-3-5-12(17)11-15/h3,5-11H,2,4,17H2,1H3. The zero-order valence-corrected chi connectivity index (χ0v) is 12.2. The van der Waals surface area contributed by atoms with Gasteiger partial charge in [-0.2, -0.15) is 0 Å². The lowest BCUT2D eigenvalue weighted by Crippen LogP contribution is -2.06. The van der Waals surface area contributed by atoms with E-state index in [1.54, 1.807) is 11.8 Å². The molecule has 0 radical (unpaired) electrons. The molecule has 0 unspecified atom stereocenters. The molecule has 0 saturated carbocycles. The van der Waals surface area contributed by atoms with Crippen molar-refractivity contribution in [3.05, 3.63) is 48.5 Å². The molecule has 0 amide bonds. The van der Waals surface area contributed by atoms with Gasteiger partial charge in [0, 0.05) is 21.9 Å². The first kappa shape index (κ1) is 14.5. The van der Waals surface area contributed by atoms with Gasteiger partial charge in [-0.05, 0) is 48.9 Å². The van der Waals surface area contributed by atoms with Crippen molar-refractivity contribution < 1.29 is 9.53 Å². The molecule has 0 aromatic heterocycles. The fourth-order valence-electron chi connectivity index (χ4n) is 1.68. The van der Waals surface area contributed by atoms with E-state index in [0.29, 0.717) is 12.2 Å². The third-order valence-corrected chi connectivity index (χ3v) is 3.60. The molecular weight excluding hydrogens is 270 g/mol. The van der Waals surface area contributed by atoms with Crippen molar-refractivity contribution >= 4 is 23.4 Å². The Kier molecular flexibility index (Phi) is 5.07. The molecule has 0 aliphatic carbocycles. The molecule has 0 bridgehead atoms. The lowest BCUT2D eigenvalue weighted by molar-refractivity contribution is -0.134. The van der Waals surface area contributed by atoms with Crippen LogP contribution in [-0.4, -0.2) is 5.97 Å². The molecular formula is C16H17NO2S. The molecule has 3 nitrogen and oxygen atoms in total. The molecule has 0 spiro atoms. The number of benzene rings is 2. The van der Waals surface area contributed by atoms with Crippen molar-refractivity contribution in [2.45, 2.75) is 29.6 Å². The Bertz CT molecular complexity index is 581. The summed E-state index contributed by atoms with van der Waals surface area (Å²) in [6, 6.07) is 15.2. The number of esters is 1. The highest BCUT2D eigenvalue weighted by Crippen LogP contribution is 2.30. The van der Waals surface area contributed by atoms with E-state index in [0.717, 1.165) is 21.9 Å².